The normalized spacial score (nSPS) is 17.9. The first-order valence-electron chi connectivity index (χ1n) is 10.8. The number of hydrogen-bond acceptors (Lipinski definition) is 6. The van der Waals surface area contributed by atoms with Crippen molar-refractivity contribution in [3.05, 3.63) is 53.8 Å². The fourth-order valence-corrected chi connectivity index (χ4v) is 5.16. The highest BCUT2D eigenvalue weighted by molar-refractivity contribution is 7.89. The molecule has 2 aromatic carbocycles. The largest absolute Gasteiger partial charge is 0.493 e. The summed E-state index contributed by atoms with van der Waals surface area (Å²) >= 11 is 0. The second-order valence-corrected chi connectivity index (χ2v) is 9.81. The van der Waals surface area contributed by atoms with Gasteiger partial charge in [-0.05, 0) is 62.5 Å². The second-order valence-electron chi connectivity index (χ2n) is 8.04. The molecule has 1 aliphatic heterocycles. The predicted molar refractivity (Wildman–Crippen MR) is 122 cm³/mol. The number of nitrogens with one attached hydrogen (secondary N) is 1. The lowest BCUT2D eigenvalue weighted by Gasteiger charge is -2.26. The minimum atomic E-state index is -3.68. The number of hydrogen-bond donors (Lipinski definition) is 2. The van der Waals surface area contributed by atoms with Crippen LogP contribution in [0.5, 0.6) is 11.5 Å². The maximum absolute atomic E-state index is 13.8. The van der Waals surface area contributed by atoms with Crippen molar-refractivity contribution in [2.75, 3.05) is 33.9 Å². The van der Waals surface area contributed by atoms with Crippen LogP contribution in [-0.2, 0) is 16.4 Å². The third-order valence-electron chi connectivity index (χ3n) is 5.90. The number of sulfonamides is 1. The molecule has 176 valence electrons. The second kappa shape index (κ2) is 11.1. The number of halogens is 1. The van der Waals surface area contributed by atoms with Crippen LogP contribution in [0.25, 0.3) is 0 Å². The number of benzene rings is 2. The van der Waals surface area contributed by atoms with Gasteiger partial charge in [-0.3, -0.25) is 4.90 Å². The Morgan fingerprint density at radius 3 is 2.66 bits per heavy atom. The first-order valence-corrected chi connectivity index (χ1v) is 12.3. The van der Waals surface area contributed by atoms with Gasteiger partial charge in [-0.2, -0.15) is 0 Å². The van der Waals surface area contributed by atoms with E-state index in [9.17, 15) is 12.8 Å². The molecule has 1 fully saturated rings. The smallest absolute Gasteiger partial charge is 0.240 e. The Morgan fingerprint density at radius 1 is 1.19 bits per heavy atom. The van der Waals surface area contributed by atoms with E-state index in [0.29, 0.717) is 36.4 Å². The molecule has 7 nitrogen and oxygen atoms in total. The Hall–Kier alpha value is -2.20. The van der Waals surface area contributed by atoms with Crippen LogP contribution in [0.2, 0.25) is 0 Å². The molecule has 0 unspecified atom stereocenters. The molecular weight excluding hydrogens is 433 g/mol. The highest BCUT2D eigenvalue weighted by Gasteiger charge is 2.27. The van der Waals surface area contributed by atoms with Crippen molar-refractivity contribution in [2.45, 2.75) is 42.7 Å². The van der Waals surface area contributed by atoms with Crippen molar-refractivity contribution in [1.82, 2.24) is 9.62 Å². The lowest BCUT2D eigenvalue weighted by molar-refractivity contribution is 0.244. The summed E-state index contributed by atoms with van der Waals surface area (Å²) in [7, 11) is -0.716. The molecule has 1 heterocycles. The van der Waals surface area contributed by atoms with Crippen LogP contribution in [0, 0.1) is 5.82 Å². The van der Waals surface area contributed by atoms with Gasteiger partial charge >= 0.3 is 0 Å². The zero-order chi connectivity index (χ0) is 23.1. The van der Waals surface area contributed by atoms with Crippen molar-refractivity contribution >= 4 is 10.0 Å². The molecule has 3 N–H and O–H groups in total. The van der Waals surface area contributed by atoms with Crippen LogP contribution in [-0.4, -0.2) is 59.3 Å². The first-order chi connectivity index (χ1) is 15.3. The van der Waals surface area contributed by atoms with E-state index in [2.05, 4.69) is 9.62 Å². The van der Waals surface area contributed by atoms with Gasteiger partial charge in [0, 0.05) is 24.7 Å². The summed E-state index contributed by atoms with van der Waals surface area (Å²) < 4.78 is 52.5. The number of rotatable bonds is 11. The SMILES string of the molecule is COc1ccc(S(=O)(=O)NC[C@@H]2CCCN2CC[C@H](N)Cc2ccccc2F)cc1OC. The van der Waals surface area contributed by atoms with Crippen molar-refractivity contribution in [3.63, 3.8) is 0 Å². The first kappa shape index (κ1) is 24.4. The molecule has 1 saturated heterocycles. The minimum absolute atomic E-state index is 0.102. The van der Waals surface area contributed by atoms with Crippen LogP contribution in [0.4, 0.5) is 4.39 Å². The fraction of sp³-hybridized carbons (Fsp3) is 0.478. The summed E-state index contributed by atoms with van der Waals surface area (Å²) in [5.41, 5.74) is 6.87. The van der Waals surface area contributed by atoms with E-state index >= 15 is 0 Å². The molecule has 0 aromatic heterocycles. The van der Waals surface area contributed by atoms with E-state index in [-0.39, 0.29) is 22.8 Å². The van der Waals surface area contributed by atoms with E-state index < -0.39 is 10.0 Å². The molecule has 0 bridgehead atoms. The quantitative estimate of drug-likeness (QED) is 0.530. The van der Waals surface area contributed by atoms with E-state index in [1.807, 2.05) is 6.07 Å². The van der Waals surface area contributed by atoms with Crippen molar-refractivity contribution in [3.8, 4) is 11.5 Å². The molecule has 9 heteroatoms. The van der Waals surface area contributed by atoms with Gasteiger partial charge in [0.15, 0.2) is 11.5 Å². The standard InChI is InChI=1S/C23H32FN3O4S/c1-30-22-10-9-20(15-23(22)31-2)32(28,29)26-16-19-7-5-12-27(19)13-11-18(25)14-17-6-3-4-8-21(17)24/h3-4,6,8-10,15,18-19,26H,5,7,11-14,16,25H2,1-2H3/t18-,19-/m0/s1. The fourth-order valence-electron chi connectivity index (χ4n) is 4.07. The average Bonchev–Trinajstić information content (AvgIpc) is 3.25. The van der Waals surface area contributed by atoms with Gasteiger partial charge in [0.25, 0.3) is 0 Å². The molecule has 0 aliphatic carbocycles. The molecule has 0 radical (unpaired) electrons. The Labute approximate surface area is 189 Å². The van der Waals surface area contributed by atoms with E-state index in [4.69, 9.17) is 15.2 Å². The third kappa shape index (κ3) is 6.19. The Kier molecular flexibility index (Phi) is 8.47. The molecule has 0 saturated carbocycles. The maximum Gasteiger partial charge on any atom is 0.240 e. The summed E-state index contributed by atoms with van der Waals surface area (Å²) in [5, 5.41) is 0. The summed E-state index contributed by atoms with van der Waals surface area (Å²) in [6.45, 7) is 1.97. The van der Waals surface area contributed by atoms with Gasteiger partial charge in [-0.25, -0.2) is 17.5 Å². The van der Waals surface area contributed by atoms with Crippen molar-refractivity contribution in [2.24, 2.45) is 5.73 Å². The van der Waals surface area contributed by atoms with Crippen LogP contribution in [0.15, 0.2) is 47.4 Å². The molecule has 1 aliphatic rings. The Bertz CT molecular complexity index is 1000. The van der Waals surface area contributed by atoms with Crippen LogP contribution < -0.4 is 19.9 Å². The highest BCUT2D eigenvalue weighted by Crippen LogP contribution is 2.29. The molecule has 2 aromatic rings. The van der Waals surface area contributed by atoms with Gasteiger partial charge in [-0.1, -0.05) is 18.2 Å². The van der Waals surface area contributed by atoms with Crippen molar-refractivity contribution in [1.29, 1.82) is 0 Å². The van der Waals surface area contributed by atoms with Crippen molar-refractivity contribution < 1.29 is 22.3 Å². The van der Waals surface area contributed by atoms with Crippen LogP contribution >= 0.6 is 0 Å². The summed E-state index contributed by atoms with van der Waals surface area (Å²) in [5.74, 6) is 0.605. The Balaban J connectivity index is 1.54. The molecular formula is C23H32FN3O4S. The summed E-state index contributed by atoms with van der Waals surface area (Å²) in [4.78, 5) is 2.39. The van der Waals surface area contributed by atoms with Gasteiger partial charge in [0.1, 0.15) is 5.82 Å². The molecule has 0 amide bonds. The molecule has 32 heavy (non-hydrogen) atoms. The molecule has 3 rings (SSSR count). The lowest BCUT2D eigenvalue weighted by Crippen LogP contribution is -2.42. The topological polar surface area (TPSA) is 93.9 Å². The number of methoxy groups -OCH3 is 2. The predicted octanol–water partition coefficient (Wildman–Crippen LogP) is 2.55. The summed E-state index contributed by atoms with van der Waals surface area (Å²) in [6.07, 6.45) is 3.12. The zero-order valence-electron chi connectivity index (χ0n) is 18.6. The van der Waals surface area contributed by atoms with E-state index in [1.54, 1.807) is 18.2 Å². The zero-order valence-corrected chi connectivity index (χ0v) is 19.4. The average molecular weight is 466 g/mol. The van der Waals surface area contributed by atoms with Gasteiger partial charge in [0.05, 0.1) is 19.1 Å². The van der Waals surface area contributed by atoms with Crippen LogP contribution in [0.1, 0.15) is 24.8 Å². The Morgan fingerprint density at radius 2 is 1.94 bits per heavy atom. The maximum atomic E-state index is 13.8. The number of ether oxygens (including phenoxy) is 2. The molecule has 2 atom stereocenters. The summed E-state index contributed by atoms with van der Waals surface area (Å²) in [6, 6.07) is 11.2. The third-order valence-corrected chi connectivity index (χ3v) is 7.32. The number of likely N-dealkylation sites (tertiary alicyclic amines) is 1. The highest BCUT2D eigenvalue weighted by atomic mass is 32.2. The van der Waals surface area contributed by atoms with E-state index in [0.717, 1.165) is 25.9 Å². The van der Waals surface area contributed by atoms with Gasteiger partial charge < -0.3 is 15.2 Å². The molecule has 0 spiro atoms. The monoisotopic (exact) mass is 465 g/mol. The minimum Gasteiger partial charge on any atom is -0.493 e. The lowest BCUT2D eigenvalue weighted by atomic mass is 10.0. The van der Waals surface area contributed by atoms with Gasteiger partial charge in [-0.15, -0.1) is 0 Å². The van der Waals surface area contributed by atoms with Crippen LogP contribution in [0.3, 0.4) is 0 Å². The number of nitrogens with zero attached hydrogens (tertiary/aromatic N) is 1. The van der Waals surface area contributed by atoms with Gasteiger partial charge in [0.2, 0.25) is 10.0 Å². The van der Waals surface area contributed by atoms with E-state index in [1.165, 1.54) is 32.4 Å². The number of nitrogens with two attached hydrogens (primary N) is 1.